The number of nitrogens with zero attached hydrogens (tertiary/aromatic N) is 1. The third-order valence-corrected chi connectivity index (χ3v) is 4.92. The molecule has 140 valence electrons. The molecular formula is C20H27N3O3. The molecule has 1 aromatic heterocycles. The van der Waals surface area contributed by atoms with Crippen LogP contribution >= 0.6 is 0 Å². The Kier molecular flexibility index (Phi) is 5.83. The van der Waals surface area contributed by atoms with Crippen molar-refractivity contribution in [1.82, 2.24) is 15.5 Å². The summed E-state index contributed by atoms with van der Waals surface area (Å²) in [5.41, 5.74) is 2.20. The van der Waals surface area contributed by atoms with E-state index >= 15 is 0 Å². The van der Waals surface area contributed by atoms with Gasteiger partial charge in [0.05, 0.1) is 25.5 Å². The van der Waals surface area contributed by atoms with E-state index in [-0.39, 0.29) is 18.1 Å². The number of urea groups is 1. The molecule has 2 N–H and O–H groups in total. The Morgan fingerprint density at radius 3 is 3.00 bits per heavy atom. The molecule has 0 spiro atoms. The molecule has 6 heteroatoms. The molecule has 6 nitrogen and oxygen atoms in total. The summed E-state index contributed by atoms with van der Waals surface area (Å²) < 4.78 is 10.8. The van der Waals surface area contributed by atoms with Crippen molar-refractivity contribution in [2.45, 2.75) is 31.3 Å². The van der Waals surface area contributed by atoms with Gasteiger partial charge in [-0.25, -0.2) is 4.79 Å². The third kappa shape index (κ3) is 4.19. The van der Waals surface area contributed by atoms with E-state index in [0.29, 0.717) is 6.54 Å². The smallest absolute Gasteiger partial charge is 0.315 e. The highest BCUT2D eigenvalue weighted by molar-refractivity contribution is 5.74. The van der Waals surface area contributed by atoms with Crippen LogP contribution in [0.1, 0.15) is 41.8 Å². The molecule has 0 aliphatic heterocycles. The topological polar surface area (TPSA) is 66.7 Å². The normalized spacial score (nSPS) is 17.5. The van der Waals surface area contributed by atoms with Crippen LogP contribution in [0, 0.1) is 0 Å². The van der Waals surface area contributed by atoms with Crippen molar-refractivity contribution in [2.24, 2.45) is 0 Å². The standard InChI is InChI=1S/C20H27N3O3/c1-23(2)18(14-6-4-7-15(12-14)25-3)13-21-20(24)22-17-8-5-9-19-16(17)10-11-26-19/h4,6-7,10-12,17-18H,5,8-9,13H2,1-3H3,(H2,21,22,24). The maximum Gasteiger partial charge on any atom is 0.315 e. The highest BCUT2D eigenvalue weighted by Gasteiger charge is 2.24. The summed E-state index contributed by atoms with van der Waals surface area (Å²) in [4.78, 5) is 14.5. The minimum atomic E-state index is -0.154. The van der Waals surface area contributed by atoms with Crippen LogP contribution in [-0.4, -0.2) is 38.7 Å². The van der Waals surface area contributed by atoms with E-state index in [2.05, 4.69) is 15.5 Å². The number of aryl methyl sites for hydroxylation is 1. The van der Waals surface area contributed by atoms with E-state index in [0.717, 1.165) is 41.9 Å². The first kappa shape index (κ1) is 18.3. The summed E-state index contributed by atoms with van der Waals surface area (Å²) >= 11 is 0. The first-order valence-corrected chi connectivity index (χ1v) is 8.99. The second-order valence-corrected chi connectivity index (χ2v) is 6.85. The number of amides is 2. The van der Waals surface area contributed by atoms with Gasteiger partial charge in [-0.3, -0.25) is 0 Å². The number of methoxy groups -OCH3 is 1. The number of furan rings is 1. The van der Waals surface area contributed by atoms with Crippen molar-refractivity contribution in [3.8, 4) is 5.75 Å². The molecule has 2 amide bonds. The highest BCUT2D eigenvalue weighted by Crippen LogP contribution is 2.30. The average molecular weight is 357 g/mol. The largest absolute Gasteiger partial charge is 0.497 e. The minimum Gasteiger partial charge on any atom is -0.497 e. The van der Waals surface area contributed by atoms with E-state index in [1.807, 2.05) is 44.4 Å². The van der Waals surface area contributed by atoms with Gasteiger partial charge in [0.25, 0.3) is 0 Å². The maximum atomic E-state index is 12.4. The SMILES string of the molecule is COc1cccc(C(CNC(=O)NC2CCCc3occc32)N(C)C)c1. The Hall–Kier alpha value is -2.47. The van der Waals surface area contributed by atoms with E-state index in [1.165, 1.54) is 0 Å². The molecule has 0 saturated heterocycles. The third-order valence-electron chi connectivity index (χ3n) is 4.92. The lowest BCUT2D eigenvalue weighted by atomic mass is 9.93. The number of rotatable bonds is 6. The monoisotopic (exact) mass is 357 g/mol. The second kappa shape index (κ2) is 8.27. The van der Waals surface area contributed by atoms with Crippen molar-refractivity contribution in [3.05, 3.63) is 53.5 Å². The molecule has 0 saturated carbocycles. The van der Waals surface area contributed by atoms with E-state index in [9.17, 15) is 4.79 Å². The summed E-state index contributed by atoms with van der Waals surface area (Å²) in [6.07, 6.45) is 4.61. The lowest BCUT2D eigenvalue weighted by Gasteiger charge is -2.27. The zero-order chi connectivity index (χ0) is 18.5. The summed E-state index contributed by atoms with van der Waals surface area (Å²) in [5.74, 6) is 1.80. The van der Waals surface area contributed by atoms with Gasteiger partial charge in [-0.2, -0.15) is 0 Å². The van der Waals surface area contributed by atoms with Gasteiger partial charge < -0.3 is 24.7 Å². The second-order valence-electron chi connectivity index (χ2n) is 6.85. The molecule has 1 aliphatic carbocycles. The fourth-order valence-electron chi connectivity index (χ4n) is 3.48. The van der Waals surface area contributed by atoms with Gasteiger partial charge in [0.2, 0.25) is 0 Å². The van der Waals surface area contributed by atoms with Gasteiger partial charge >= 0.3 is 6.03 Å². The summed E-state index contributed by atoms with van der Waals surface area (Å²) in [7, 11) is 5.66. The summed E-state index contributed by atoms with van der Waals surface area (Å²) in [6, 6.07) is 9.82. The van der Waals surface area contributed by atoms with Gasteiger partial charge in [-0.15, -0.1) is 0 Å². The van der Waals surface area contributed by atoms with Gasteiger partial charge in [-0.1, -0.05) is 12.1 Å². The number of likely N-dealkylation sites (N-methyl/N-ethyl adjacent to an activating group) is 1. The Morgan fingerprint density at radius 2 is 2.23 bits per heavy atom. The fourth-order valence-corrected chi connectivity index (χ4v) is 3.48. The predicted octanol–water partition coefficient (Wildman–Crippen LogP) is 3.27. The Morgan fingerprint density at radius 1 is 1.38 bits per heavy atom. The number of carbonyl (C=O) groups excluding carboxylic acids is 1. The van der Waals surface area contributed by atoms with Crippen LogP contribution < -0.4 is 15.4 Å². The van der Waals surface area contributed by atoms with Gasteiger partial charge in [0.15, 0.2) is 0 Å². The number of hydrogen-bond acceptors (Lipinski definition) is 4. The number of ether oxygens (including phenoxy) is 1. The van der Waals surface area contributed by atoms with Crippen molar-refractivity contribution in [3.63, 3.8) is 0 Å². The molecule has 0 radical (unpaired) electrons. The Bertz CT molecular complexity index is 741. The molecule has 2 unspecified atom stereocenters. The van der Waals surface area contributed by atoms with Crippen LogP contribution in [0.4, 0.5) is 4.79 Å². The van der Waals surface area contributed by atoms with Gasteiger partial charge in [0.1, 0.15) is 11.5 Å². The fraction of sp³-hybridized carbons (Fsp3) is 0.450. The number of carbonyl (C=O) groups is 1. The zero-order valence-electron chi connectivity index (χ0n) is 15.6. The number of hydrogen-bond donors (Lipinski definition) is 2. The molecule has 1 heterocycles. The van der Waals surface area contributed by atoms with E-state index < -0.39 is 0 Å². The number of benzene rings is 1. The van der Waals surface area contributed by atoms with Crippen molar-refractivity contribution in [2.75, 3.05) is 27.7 Å². The van der Waals surface area contributed by atoms with Crippen molar-refractivity contribution < 1.29 is 13.9 Å². The highest BCUT2D eigenvalue weighted by atomic mass is 16.5. The molecule has 1 aliphatic rings. The number of fused-ring (bicyclic) bond motifs is 1. The lowest BCUT2D eigenvalue weighted by molar-refractivity contribution is 0.227. The van der Waals surface area contributed by atoms with Crippen LogP contribution in [0.15, 0.2) is 41.0 Å². The molecule has 2 aromatic rings. The first-order valence-electron chi connectivity index (χ1n) is 8.99. The summed E-state index contributed by atoms with van der Waals surface area (Å²) in [5, 5.41) is 6.08. The molecule has 2 atom stereocenters. The molecular weight excluding hydrogens is 330 g/mol. The van der Waals surface area contributed by atoms with Gasteiger partial charge in [0, 0.05) is 18.5 Å². The van der Waals surface area contributed by atoms with Crippen LogP contribution in [0.3, 0.4) is 0 Å². The molecule has 1 aromatic carbocycles. The van der Waals surface area contributed by atoms with E-state index in [1.54, 1.807) is 13.4 Å². The average Bonchev–Trinajstić information content (AvgIpc) is 3.11. The van der Waals surface area contributed by atoms with Crippen molar-refractivity contribution in [1.29, 1.82) is 0 Å². The van der Waals surface area contributed by atoms with Crippen LogP contribution in [0.2, 0.25) is 0 Å². The van der Waals surface area contributed by atoms with E-state index in [4.69, 9.17) is 9.15 Å². The minimum absolute atomic E-state index is 0.0205. The zero-order valence-corrected chi connectivity index (χ0v) is 15.6. The van der Waals surface area contributed by atoms with Crippen LogP contribution in [0.25, 0.3) is 0 Å². The Labute approximate surface area is 154 Å². The van der Waals surface area contributed by atoms with Gasteiger partial charge in [-0.05, 0) is 50.7 Å². The van der Waals surface area contributed by atoms with Crippen LogP contribution in [0.5, 0.6) is 5.75 Å². The van der Waals surface area contributed by atoms with Crippen molar-refractivity contribution >= 4 is 6.03 Å². The predicted molar refractivity (Wildman–Crippen MR) is 100 cm³/mol. The molecule has 26 heavy (non-hydrogen) atoms. The molecule has 3 rings (SSSR count). The summed E-state index contributed by atoms with van der Waals surface area (Å²) in [6.45, 7) is 0.511. The first-order chi connectivity index (χ1) is 12.6. The number of nitrogens with one attached hydrogen (secondary N) is 2. The molecule has 0 bridgehead atoms. The molecule has 0 fully saturated rings. The Balaban J connectivity index is 1.60. The quantitative estimate of drug-likeness (QED) is 0.833. The lowest BCUT2D eigenvalue weighted by Crippen LogP contribution is -2.42. The van der Waals surface area contributed by atoms with Crippen LogP contribution in [-0.2, 0) is 6.42 Å². The maximum absolute atomic E-state index is 12.4.